The van der Waals surface area contributed by atoms with Gasteiger partial charge in [-0.15, -0.1) is 0 Å². The van der Waals surface area contributed by atoms with Gasteiger partial charge in [0.1, 0.15) is 0 Å². The zero-order valence-corrected chi connectivity index (χ0v) is 10.5. The van der Waals surface area contributed by atoms with Gasteiger partial charge in [-0.25, -0.2) is 0 Å². The second-order valence-corrected chi connectivity index (χ2v) is 5.52. The van der Waals surface area contributed by atoms with Gasteiger partial charge in [0.2, 0.25) is 0 Å². The van der Waals surface area contributed by atoms with Crippen molar-refractivity contribution in [3.8, 4) is 0 Å². The fourth-order valence-corrected chi connectivity index (χ4v) is 2.67. The number of likely N-dealkylation sites (tertiary alicyclic amines) is 1. The van der Waals surface area contributed by atoms with Crippen molar-refractivity contribution >= 4 is 0 Å². The summed E-state index contributed by atoms with van der Waals surface area (Å²) in [5.41, 5.74) is 0.317. The van der Waals surface area contributed by atoms with E-state index in [1.807, 2.05) is 0 Å². The summed E-state index contributed by atoms with van der Waals surface area (Å²) in [5, 5.41) is 0. The molecule has 0 radical (unpaired) electrons. The maximum atomic E-state index is 2.64. The molecule has 1 aliphatic rings. The van der Waals surface area contributed by atoms with Crippen LogP contribution in [0.4, 0.5) is 0 Å². The lowest BCUT2D eigenvalue weighted by atomic mass is 9.97. The molecule has 0 aliphatic carbocycles. The SMILES string of the molecule is CCN(C1CCCN(C)C1)C(C)(C)C. The molecule has 1 rings (SSSR count). The molecule has 1 saturated heterocycles. The summed E-state index contributed by atoms with van der Waals surface area (Å²) < 4.78 is 0. The minimum atomic E-state index is 0.317. The summed E-state index contributed by atoms with van der Waals surface area (Å²) >= 11 is 0. The van der Waals surface area contributed by atoms with Crippen LogP contribution in [-0.2, 0) is 0 Å². The molecule has 1 aliphatic heterocycles. The van der Waals surface area contributed by atoms with Gasteiger partial charge in [-0.05, 0) is 53.8 Å². The molecule has 84 valence electrons. The van der Waals surface area contributed by atoms with Crippen molar-refractivity contribution in [2.75, 3.05) is 26.7 Å². The second-order valence-electron chi connectivity index (χ2n) is 5.52. The second kappa shape index (κ2) is 4.63. The van der Waals surface area contributed by atoms with E-state index in [0.717, 1.165) is 6.04 Å². The standard InChI is InChI=1S/C12H26N2/c1-6-14(12(2,3)4)11-8-7-9-13(5)10-11/h11H,6-10H2,1-5H3. The van der Waals surface area contributed by atoms with Gasteiger partial charge in [0.25, 0.3) is 0 Å². The van der Waals surface area contributed by atoms with Crippen molar-refractivity contribution in [3.63, 3.8) is 0 Å². The maximum absolute atomic E-state index is 2.64. The van der Waals surface area contributed by atoms with Crippen LogP contribution in [0, 0.1) is 0 Å². The van der Waals surface area contributed by atoms with E-state index in [-0.39, 0.29) is 0 Å². The molecule has 0 aromatic rings. The Morgan fingerprint density at radius 1 is 1.36 bits per heavy atom. The zero-order valence-electron chi connectivity index (χ0n) is 10.5. The lowest BCUT2D eigenvalue weighted by molar-refractivity contribution is 0.0446. The summed E-state index contributed by atoms with van der Waals surface area (Å²) in [6.45, 7) is 12.9. The maximum Gasteiger partial charge on any atom is 0.0228 e. The molecule has 0 N–H and O–H groups in total. The van der Waals surface area contributed by atoms with Crippen molar-refractivity contribution in [1.29, 1.82) is 0 Å². The quantitative estimate of drug-likeness (QED) is 0.671. The molecular weight excluding hydrogens is 172 g/mol. The molecule has 1 atom stereocenters. The first kappa shape index (κ1) is 12.0. The summed E-state index contributed by atoms with van der Waals surface area (Å²) in [6.07, 6.45) is 2.73. The van der Waals surface area contributed by atoms with Crippen LogP contribution in [0.5, 0.6) is 0 Å². The van der Waals surface area contributed by atoms with Crippen LogP contribution in [0.15, 0.2) is 0 Å². The van der Waals surface area contributed by atoms with Crippen molar-refractivity contribution in [2.45, 2.75) is 52.1 Å². The first-order valence-corrected chi connectivity index (χ1v) is 5.90. The van der Waals surface area contributed by atoms with Gasteiger partial charge < -0.3 is 4.90 Å². The van der Waals surface area contributed by atoms with E-state index >= 15 is 0 Å². The lowest BCUT2D eigenvalue weighted by Crippen LogP contribution is -2.53. The predicted molar refractivity (Wildman–Crippen MR) is 62.7 cm³/mol. The molecule has 14 heavy (non-hydrogen) atoms. The van der Waals surface area contributed by atoms with E-state index in [1.54, 1.807) is 0 Å². The van der Waals surface area contributed by atoms with Gasteiger partial charge in [-0.3, -0.25) is 4.90 Å². The molecule has 0 bridgehead atoms. The average Bonchev–Trinajstić information content (AvgIpc) is 2.02. The third kappa shape index (κ3) is 2.96. The highest BCUT2D eigenvalue weighted by molar-refractivity contribution is 4.86. The Labute approximate surface area is 89.3 Å². The summed E-state index contributed by atoms with van der Waals surface area (Å²) in [7, 11) is 2.24. The Kier molecular flexibility index (Phi) is 3.96. The van der Waals surface area contributed by atoms with Gasteiger partial charge in [-0.2, -0.15) is 0 Å². The van der Waals surface area contributed by atoms with Gasteiger partial charge in [0, 0.05) is 18.1 Å². The van der Waals surface area contributed by atoms with Gasteiger partial charge in [0.05, 0.1) is 0 Å². The van der Waals surface area contributed by atoms with Crippen LogP contribution in [0.1, 0.15) is 40.5 Å². The van der Waals surface area contributed by atoms with Crippen molar-refractivity contribution in [1.82, 2.24) is 9.80 Å². The van der Waals surface area contributed by atoms with Crippen molar-refractivity contribution < 1.29 is 0 Å². The zero-order chi connectivity index (χ0) is 10.8. The lowest BCUT2D eigenvalue weighted by Gasteiger charge is -2.44. The molecule has 1 unspecified atom stereocenters. The Balaban J connectivity index is 2.60. The number of hydrogen-bond donors (Lipinski definition) is 0. The van der Waals surface area contributed by atoms with Crippen molar-refractivity contribution in [2.24, 2.45) is 0 Å². The van der Waals surface area contributed by atoms with E-state index in [4.69, 9.17) is 0 Å². The Hall–Kier alpha value is -0.0800. The monoisotopic (exact) mass is 198 g/mol. The van der Waals surface area contributed by atoms with E-state index in [9.17, 15) is 0 Å². The van der Waals surface area contributed by atoms with Gasteiger partial charge in [0.15, 0.2) is 0 Å². The van der Waals surface area contributed by atoms with E-state index in [2.05, 4.69) is 44.5 Å². The summed E-state index contributed by atoms with van der Waals surface area (Å²) in [6, 6.07) is 0.763. The molecule has 0 aromatic carbocycles. The Morgan fingerprint density at radius 3 is 2.43 bits per heavy atom. The van der Waals surface area contributed by atoms with Crippen LogP contribution in [0.25, 0.3) is 0 Å². The van der Waals surface area contributed by atoms with Crippen LogP contribution >= 0.6 is 0 Å². The van der Waals surface area contributed by atoms with Crippen LogP contribution in [-0.4, -0.2) is 48.1 Å². The fourth-order valence-electron chi connectivity index (χ4n) is 2.67. The normalized spacial score (nSPS) is 25.7. The molecule has 1 fully saturated rings. The molecule has 0 amide bonds. The molecular formula is C12H26N2. The molecule has 2 nitrogen and oxygen atoms in total. The minimum Gasteiger partial charge on any atom is -0.305 e. The number of piperidine rings is 1. The Morgan fingerprint density at radius 2 is 2.00 bits per heavy atom. The number of nitrogens with zero attached hydrogens (tertiary/aromatic N) is 2. The summed E-state index contributed by atoms with van der Waals surface area (Å²) in [5.74, 6) is 0. The molecule has 0 saturated carbocycles. The predicted octanol–water partition coefficient (Wildman–Crippen LogP) is 2.20. The molecule has 1 heterocycles. The summed E-state index contributed by atoms with van der Waals surface area (Å²) in [4.78, 5) is 5.10. The number of likely N-dealkylation sites (N-methyl/N-ethyl adjacent to an activating group) is 2. The third-order valence-electron chi connectivity index (χ3n) is 3.24. The molecule has 2 heteroatoms. The molecule has 0 spiro atoms. The Bertz CT molecular complexity index is 172. The molecule has 0 aromatic heterocycles. The van der Waals surface area contributed by atoms with Crippen molar-refractivity contribution in [3.05, 3.63) is 0 Å². The highest BCUT2D eigenvalue weighted by Crippen LogP contribution is 2.22. The fraction of sp³-hybridized carbons (Fsp3) is 1.00. The van der Waals surface area contributed by atoms with Crippen LogP contribution < -0.4 is 0 Å². The van der Waals surface area contributed by atoms with Gasteiger partial charge >= 0.3 is 0 Å². The van der Waals surface area contributed by atoms with E-state index in [0.29, 0.717) is 5.54 Å². The first-order valence-electron chi connectivity index (χ1n) is 5.90. The topological polar surface area (TPSA) is 6.48 Å². The largest absolute Gasteiger partial charge is 0.305 e. The van der Waals surface area contributed by atoms with E-state index in [1.165, 1.54) is 32.5 Å². The van der Waals surface area contributed by atoms with Crippen LogP contribution in [0.3, 0.4) is 0 Å². The number of hydrogen-bond acceptors (Lipinski definition) is 2. The first-order chi connectivity index (χ1) is 6.45. The number of rotatable bonds is 2. The average molecular weight is 198 g/mol. The third-order valence-corrected chi connectivity index (χ3v) is 3.24. The van der Waals surface area contributed by atoms with E-state index < -0.39 is 0 Å². The smallest absolute Gasteiger partial charge is 0.0228 e. The highest BCUT2D eigenvalue weighted by atomic mass is 15.3. The van der Waals surface area contributed by atoms with Crippen LogP contribution in [0.2, 0.25) is 0 Å². The van der Waals surface area contributed by atoms with Gasteiger partial charge in [-0.1, -0.05) is 6.92 Å². The minimum absolute atomic E-state index is 0.317. The highest BCUT2D eigenvalue weighted by Gasteiger charge is 2.29.